The molecular formula is C14H13BNO2. The zero-order valence-electron chi connectivity index (χ0n) is 9.87. The summed E-state index contributed by atoms with van der Waals surface area (Å²) in [7, 11) is 1.62. The van der Waals surface area contributed by atoms with Gasteiger partial charge in [0.1, 0.15) is 6.61 Å². The van der Waals surface area contributed by atoms with Crippen molar-refractivity contribution in [3.8, 4) is 0 Å². The number of ether oxygens (including phenoxy) is 1. The number of carbonyl (C=O) groups excluding carboxylic acids is 1. The van der Waals surface area contributed by atoms with Gasteiger partial charge in [-0.15, -0.1) is 0 Å². The van der Waals surface area contributed by atoms with Crippen LogP contribution in [0.25, 0.3) is 0 Å². The van der Waals surface area contributed by atoms with Crippen LogP contribution >= 0.6 is 0 Å². The Morgan fingerprint density at radius 2 is 1.61 bits per heavy atom. The van der Waals surface area contributed by atoms with Gasteiger partial charge in [0.05, 0.1) is 0 Å². The van der Waals surface area contributed by atoms with Gasteiger partial charge in [0.2, 0.25) is 0 Å². The molecule has 0 saturated heterocycles. The third-order valence-electron chi connectivity index (χ3n) is 2.37. The van der Waals surface area contributed by atoms with Crippen LogP contribution in [0.4, 0.5) is 4.79 Å². The van der Waals surface area contributed by atoms with Gasteiger partial charge in [-0.05, 0) is 5.56 Å². The van der Waals surface area contributed by atoms with Gasteiger partial charge in [-0.25, -0.2) is 4.79 Å². The molecule has 0 bridgehead atoms. The van der Waals surface area contributed by atoms with E-state index in [4.69, 9.17) is 4.74 Å². The summed E-state index contributed by atoms with van der Waals surface area (Å²) in [6.07, 6.45) is -0.456. The van der Waals surface area contributed by atoms with Crippen LogP contribution in [0.3, 0.4) is 0 Å². The Morgan fingerprint density at radius 3 is 2.28 bits per heavy atom. The minimum absolute atomic E-state index is 0.273. The van der Waals surface area contributed by atoms with Crippen molar-refractivity contribution >= 4 is 19.0 Å². The number of rotatable bonds is 4. The monoisotopic (exact) mass is 238 g/mol. The largest absolute Gasteiger partial charge is 0.446 e. The van der Waals surface area contributed by atoms with Crippen LogP contribution in [-0.4, -0.2) is 13.5 Å². The molecule has 0 unspecified atom stereocenters. The van der Waals surface area contributed by atoms with E-state index in [9.17, 15) is 4.79 Å². The maximum Gasteiger partial charge on any atom is 0.395 e. The predicted molar refractivity (Wildman–Crippen MR) is 71.6 cm³/mol. The number of benzene rings is 2. The Kier molecular flexibility index (Phi) is 4.42. The molecule has 0 fully saturated rings. The molecule has 0 aliphatic rings. The first-order chi connectivity index (χ1) is 8.84. The predicted octanol–water partition coefficient (Wildman–Crippen LogP) is 1.86. The molecule has 0 saturated carbocycles. The Labute approximate surface area is 107 Å². The summed E-state index contributed by atoms with van der Waals surface area (Å²) in [6.45, 7) is 0.273. The maximum absolute atomic E-state index is 11.4. The van der Waals surface area contributed by atoms with Crippen molar-refractivity contribution in [3.63, 3.8) is 0 Å². The molecule has 1 amide bonds. The molecule has 0 heterocycles. The minimum Gasteiger partial charge on any atom is -0.446 e. The molecule has 0 spiro atoms. The second-order valence-electron chi connectivity index (χ2n) is 3.76. The van der Waals surface area contributed by atoms with Crippen molar-refractivity contribution in [2.45, 2.75) is 6.61 Å². The highest BCUT2D eigenvalue weighted by atomic mass is 16.5. The highest BCUT2D eigenvalue weighted by molar-refractivity contribution is 6.53. The Balaban J connectivity index is 1.73. The molecule has 18 heavy (non-hydrogen) atoms. The van der Waals surface area contributed by atoms with Crippen molar-refractivity contribution in [1.29, 1.82) is 0 Å². The van der Waals surface area contributed by atoms with Crippen LogP contribution in [0, 0.1) is 0 Å². The van der Waals surface area contributed by atoms with Gasteiger partial charge in [-0.2, -0.15) is 0 Å². The second-order valence-corrected chi connectivity index (χ2v) is 3.76. The summed E-state index contributed by atoms with van der Waals surface area (Å²) in [5.41, 5.74) is 1.89. The van der Waals surface area contributed by atoms with E-state index in [0.29, 0.717) is 0 Å². The molecule has 2 aromatic rings. The smallest absolute Gasteiger partial charge is 0.395 e. The normalized spacial score (nSPS) is 9.56. The lowest BCUT2D eigenvalue weighted by Gasteiger charge is -2.06. The van der Waals surface area contributed by atoms with E-state index in [1.54, 1.807) is 7.41 Å². The van der Waals surface area contributed by atoms with Crippen molar-refractivity contribution < 1.29 is 9.53 Å². The first-order valence-corrected chi connectivity index (χ1v) is 5.70. The Bertz CT molecular complexity index is 442. The van der Waals surface area contributed by atoms with Gasteiger partial charge in [0.15, 0.2) is 0 Å². The Morgan fingerprint density at radius 1 is 1.00 bits per heavy atom. The molecule has 2 aromatic carbocycles. The fourth-order valence-electron chi connectivity index (χ4n) is 1.46. The van der Waals surface area contributed by atoms with Gasteiger partial charge in [-0.3, -0.25) is 0 Å². The number of carbonyl (C=O) groups is 1. The van der Waals surface area contributed by atoms with Gasteiger partial charge in [0, 0.05) is 0 Å². The molecule has 2 rings (SSSR count). The summed E-state index contributed by atoms with van der Waals surface area (Å²) in [5, 5.41) is 2.58. The van der Waals surface area contributed by atoms with Gasteiger partial charge in [-0.1, -0.05) is 66.1 Å². The third-order valence-corrected chi connectivity index (χ3v) is 2.37. The van der Waals surface area contributed by atoms with E-state index in [1.165, 1.54) is 0 Å². The summed E-state index contributed by atoms with van der Waals surface area (Å²) >= 11 is 0. The first-order valence-electron chi connectivity index (χ1n) is 5.70. The topological polar surface area (TPSA) is 38.3 Å². The van der Waals surface area contributed by atoms with Gasteiger partial charge >= 0.3 is 6.09 Å². The van der Waals surface area contributed by atoms with Crippen molar-refractivity contribution in [2.24, 2.45) is 0 Å². The van der Waals surface area contributed by atoms with Crippen LogP contribution in [0.1, 0.15) is 5.56 Å². The number of hydrogen-bond donors (Lipinski definition) is 1. The quantitative estimate of drug-likeness (QED) is 0.825. The van der Waals surface area contributed by atoms with Crippen LogP contribution in [0.2, 0.25) is 0 Å². The van der Waals surface area contributed by atoms with Crippen LogP contribution in [-0.2, 0) is 11.3 Å². The maximum atomic E-state index is 11.4. The molecule has 1 radical (unpaired) electrons. The van der Waals surface area contributed by atoms with Crippen molar-refractivity contribution in [2.75, 3.05) is 0 Å². The molecule has 1 N–H and O–H groups in total. The third kappa shape index (κ3) is 3.98. The highest BCUT2D eigenvalue weighted by Crippen LogP contribution is 2.00. The number of hydrogen-bond acceptors (Lipinski definition) is 2. The highest BCUT2D eigenvalue weighted by Gasteiger charge is 2.03. The average molecular weight is 238 g/mol. The minimum atomic E-state index is -0.456. The van der Waals surface area contributed by atoms with Crippen molar-refractivity contribution in [1.82, 2.24) is 5.23 Å². The lowest BCUT2D eigenvalue weighted by Crippen LogP contribution is -2.35. The van der Waals surface area contributed by atoms with E-state index in [2.05, 4.69) is 5.23 Å². The molecular weight excluding hydrogens is 225 g/mol. The van der Waals surface area contributed by atoms with Crippen LogP contribution in [0.5, 0.6) is 0 Å². The van der Waals surface area contributed by atoms with Crippen LogP contribution in [0.15, 0.2) is 60.7 Å². The zero-order valence-corrected chi connectivity index (χ0v) is 9.87. The van der Waals surface area contributed by atoms with Crippen molar-refractivity contribution in [3.05, 3.63) is 66.2 Å². The van der Waals surface area contributed by atoms with Crippen LogP contribution < -0.4 is 10.7 Å². The molecule has 0 aliphatic carbocycles. The zero-order chi connectivity index (χ0) is 12.6. The fourth-order valence-corrected chi connectivity index (χ4v) is 1.46. The fraction of sp³-hybridized carbons (Fsp3) is 0.0714. The van der Waals surface area contributed by atoms with Gasteiger partial charge in [0.25, 0.3) is 7.41 Å². The van der Waals surface area contributed by atoms with E-state index in [-0.39, 0.29) is 6.61 Å². The number of nitrogens with one attached hydrogen (secondary N) is 1. The molecule has 89 valence electrons. The van der Waals surface area contributed by atoms with E-state index in [0.717, 1.165) is 11.0 Å². The molecule has 0 aliphatic heterocycles. The Hall–Kier alpha value is -2.23. The second kappa shape index (κ2) is 6.50. The van der Waals surface area contributed by atoms with E-state index >= 15 is 0 Å². The summed E-state index contributed by atoms with van der Waals surface area (Å²) in [6, 6.07) is 19.1. The average Bonchev–Trinajstić information content (AvgIpc) is 2.45. The summed E-state index contributed by atoms with van der Waals surface area (Å²) < 4.78 is 5.07. The summed E-state index contributed by atoms with van der Waals surface area (Å²) in [4.78, 5) is 11.4. The summed E-state index contributed by atoms with van der Waals surface area (Å²) in [5.74, 6) is 0. The lowest BCUT2D eigenvalue weighted by molar-refractivity contribution is 0.146. The molecule has 3 nitrogen and oxygen atoms in total. The standard InChI is InChI=1S/C14H13BNO2/c17-14(16-15-13-9-5-2-6-10-13)18-11-12-7-3-1-4-8-12/h1-10H,11H2,(H,16,17). The van der Waals surface area contributed by atoms with E-state index in [1.807, 2.05) is 60.7 Å². The molecule has 4 heteroatoms. The first kappa shape index (κ1) is 12.2. The lowest BCUT2D eigenvalue weighted by atomic mass is 9.83. The molecule has 0 aromatic heterocycles. The van der Waals surface area contributed by atoms with E-state index < -0.39 is 6.09 Å². The molecule has 0 atom stereocenters. The SMILES string of the molecule is O=C(N[B]c1ccccc1)OCc1ccccc1. The van der Waals surface area contributed by atoms with Gasteiger partial charge < -0.3 is 9.96 Å². The number of amides is 1.